The van der Waals surface area contributed by atoms with E-state index in [1.165, 1.54) is 0 Å². The first kappa shape index (κ1) is 18.3. The predicted octanol–water partition coefficient (Wildman–Crippen LogP) is 4.26. The molecule has 3 aromatic carbocycles. The van der Waals surface area contributed by atoms with Crippen molar-refractivity contribution in [3.05, 3.63) is 89.5 Å². The van der Waals surface area contributed by atoms with E-state index < -0.39 is 0 Å². The normalized spacial score (nSPS) is 10.1. The molecule has 0 aliphatic heterocycles. The Morgan fingerprint density at radius 2 is 1.70 bits per heavy atom. The maximum Gasteiger partial charge on any atom is 0.161 e. The van der Waals surface area contributed by atoms with Crippen LogP contribution in [0.5, 0.6) is 11.5 Å². The second-order valence-electron chi connectivity index (χ2n) is 5.89. The second-order valence-corrected chi connectivity index (χ2v) is 5.89. The van der Waals surface area contributed by atoms with Crippen molar-refractivity contribution in [3.8, 4) is 17.6 Å². The van der Waals surface area contributed by atoms with Gasteiger partial charge in [0, 0.05) is 17.8 Å². The molecule has 0 heterocycles. The van der Waals surface area contributed by atoms with Crippen molar-refractivity contribution < 1.29 is 9.47 Å². The number of hydrogen-bond acceptors (Lipinski definition) is 5. The molecule has 3 aromatic rings. The van der Waals surface area contributed by atoms with Crippen molar-refractivity contribution in [1.29, 1.82) is 5.26 Å². The van der Waals surface area contributed by atoms with Gasteiger partial charge in [0.05, 0.1) is 18.7 Å². The van der Waals surface area contributed by atoms with E-state index in [9.17, 15) is 5.26 Å². The largest absolute Gasteiger partial charge is 0.493 e. The van der Waals surface area contributed by atoms with Gasteiger partial charge in [-0.05, 0) is 35.9 Å². The van der Waals surface area contributed by atoms with Crippen LogP contribution >= 0.6 is 0 Å². The summed E-state index contributed by atoms with van der Waals surface area (Å²) in [4.78, 5) is 0. The number of anilines is 1. The van der Waals surface area contributed by atoms with E-state index in [2.05, 4.69) is 16.9 Å². The molecule has 0 aliphatic carbocycles. The van der Waals surface area contributed by atoms with Gasteiger partial charge in [0.25, 0.3) is 0 Å². The summed E-state index contributed by atoms with van der Waals surface area (Å²) in [5.41, 5.74) is 9.85. The highest BCUT2D eigenvalue weighted by atomic mass is 16.5. The maximum atomic E-state index is 9.17. The van der Waals surface area contributed by atoms with Crippen molar-refractivity contribution in [2.75, 3.05) is 12.5 Å². The molecule has 0 saturated carbocycles. The molecule has 5 nitrogen and oxygen atoms in total. The van der Waals surface area contributed by atoms with Crippen molar-refractivity contribution in [2.45, 2.75) is 13.2 Å². The fourth-order valence-electron chi connectivity index (χ4n) is 2.62. The SMILES string of the molecule is COc1cc(CNNc2ccccc2)ccc1OCc1ccccc1C#N. The second kappa shape index (κ2) is 9.27. The summed E-state index contributed by atoms with van der Waals surface area (Å²) in [6.45, 7) is 0.941. The van der Waals surface area contributed by atoms with E-state index >= 15 is 0 Å². The smallest absolute Gasteiger partial charge is 0.161 e. The molecule has 0 atom stereocenters. The van der Waals surface area contributed by atoms with Crippen LogP contribution in [0.25, 0.3) is 0 Å². The lowest BCUT2D eigenvalue weighted by Crippen LogP contribution is -2.20. The van der Waals surface area contributed by atoms with E-state index in [-0.39, 0.29) is 0 Å². The number of para-hydroxylation sites is 1. The third kappa shape index (κ3) is 5.00. The highest BCUT2D eigenvalue weighted by molar-refractivity contribution is 5.44. The molecular formula is C22H21N3O2. The van der Waals surface area contributed by atoms with Crippen LogP contribution in [0.1, 0.15) is 16.7 Å². The quantitative estimate of drug-likeness (QED) is 0.588. The average molecular weight is 359 g/mol. The van der Waals surface area contributed by atoms with Gasteiger partial charge in [-0.1, -0.05) is 42.5 Å². The molecule has 3 rings (SSSR count). The maximum absolute atomic E-state index is 9.17. The third-order valence-corrected chi connectivity index (χ3v) is 4.05. The monoisotopic (exact) mass is 359 g/mol. The third-order valence-electron chi connectivity index (χ3n) is 4.05. The van der Waals surface area contributed by atoms with E-state index in [0.717, 1.165) is 16.8 Å². The van der Waals surface area contributed by atoms with Gasteiger partial charge in [-0.3, -0.25) is 0 Å². The molecule has 0 spiro atoms. The number of rotatable bonds is 8. The minimum atomic E-state index is 0.313. The van der Waals surface area contributed by atoms with Crippen molar-refractivity contribution in [2.24, 2.45) is 0 Å². The van der Waals surface area contributed by atoms with Gasteiger partial charge >= 0.3 is 0 Å². The topological polar surface area (TPSA) is 66.3 Å². The highest BCUT2D eigenvalue weighted by Gasteiger charge is 2.08. The fraction of sp³-hybridized carbons (Fsp3) is 0.136. The fourth-order valence-corrected chi connectivity index (χ4v) is 2.62. The molecule has 0 aromatic heterocycles. The summed E-state index contributed by atoms with van der Waals surface area (Å²) >= 11 is 0. The lowest BCUT2D eigenvalue weighted by Gasteiger charge is -2.14. The molecule has 0 bridgehead atoms. The summed E-state index contributed by atoms with van der Waals surface area (Å²) in [5.74, 6) is 1.30. The number of benzene rings is 3. The van der Waals surface area contributed by atoms with Crippen molar-refractivity contribution in [3.63, 3.8) is 0 Å². The number of methoxy groups -OCH3 is 1. The lowest BCUT2D eigenvalue weighted by atomic mass is 10.1. The van der Waals surface area contributed by atoms with Crippen LogP contribution in [-0.2, 0) is 13.2 Å². The average Bonchev–Trinajstić information content (AvgIpc) is 2.73. The van der Waals surface area contributed by atoms with Crippen LogP contribution in [0, 0.1) is 11.3 Å². The van der Waals surface area contributed by atoms with Gasteiger partial charge < -0.3 is 14.9 Å². The van der Waals surface area contributed by atoms with Crippen LogP contribution in [0.3, 0.4) is 0 Å². The van der Waals surface area contributed by atoms with E-state index in [1.807, 2.05) is 66.7 Å². The molecule has 0 unspecified atom stereocenters. The van der Waals surface area contributed by atoms with E-state index in [0.29, 0.717) is 30.2 Å². The summed E-state index contributed by atoms with van der Waals surface area (Å²) in [6, 6.07) is 25.3. The predicted molar refractivity (Wildman–Crippen MR) is 105 cm³/mol. The molecule has 0 saturated heterocycles. The van der Waals surface area contributed by atoms with Crippen molar-refractivity contribution >= 4 is 5.69 Å². The Bertz CT molecular complexity index is 920. The minimum Gasteiger partial charge on any atom is -0.493 e. The number of nitriles is 1. The van der Waals surface area contributed by atoms with Gasteiger partial charge in [0.15, 0.2) is 11.5 Å². The first-order valence-electron chi connectivity index (χ1n) is 8.62. The minimum absolute atomic E-state index is 0.313. The molecule has 136 valence electrons. The number of hydrogen-bond donors (Lipinski definition) is 2. The Morgan fingerprint density at radius 1 is 0.926 bits per heavy atom. The van der Waals surface area contributed by atoms with Gasteiger partial charge in [0.1, 0.15) is 6.61 Å². The zero-order chi connectivity index (χ0) is 18.9. The first-order chi connectivity index (χ1) is 13.3. The van der Waals surface area contributed by atoms with Crippen LogP contribution in [-0.4, -0.2) is 7.11 Å². The molecule has 0 radical (unpaired) electrons. The molecule has 0 amide bonds. The number of nitrogens with zero attached hydrogens (tertiary/aromatic N) is 1. The zero-order valence-corrected chi connectivity index (χ0v) is 15.1. The van der Waals surface area contributed by atoms with Gasteiger partial charge in [-0.2, -0.15) is 5.26 Å². The van der Waals surface area contributed by atoms with Crippen LogP contribution in [0.2, 0.25) is 0 Å². The molecule has 27 heavy (non-hydrogen) atoms. The van der Waals surface area contributed by atoms with Crippen LogP contribution < -0.4 is 20.3 Å². The van der Waals surface area contributed by atoms with Gasteiger partial charge in [0.2, 0.25) is 0 Å². The van der Waals surface area contributed by atoms with Crippen LogP contribution in [0.15, 0.2) is 72.8 Å². The Morgan fingerprint density at radius 3 is 2.48 bits per heavy atom. The molecule has 2 N–H and O–H groups in total. The molecule has 0 fully saturated rings. The standard InChI is InChI=1S/C22H21N3O2/c1-26-22-13-17(15-24-25-20-9-3-2-4-10-20)11-12-21(22)27-16-19-8-6-5-7-18(19)14-23/h2-13,24-25H,15-16H2,1H3. The number of hydrazine groups is 1. The number of ether oxygens (including phenoxy) is 2. The lowest BCUT2D eigenvalue weighted by molar-refractivity contribution is 0.284. The van der Waals surface area contributed by atoms with E-state index in [4.69, 9.17) is 9.47 Å². The van der Waals surface area contributed by atoms with Gasteiger partial charge in [-0.15, -0.1) is 0 Å². The Kier molecular flexibility index (Phi) is 6.29. The summed E-state index contributed by atoms with van der Waals surface area (Å²) < 4.78 is 11.3. The summed E-state index contributed by atoms with van der Waals surface area (Å²) in [5, 5.41) is 9.17. The Labute approximate surface area is 159 Å². The Balaban J connectivity index is 1.61. The summed E-state index contributed by atoms with van der Waals surface area (Å²) in [7, 11) is 1.62. The highest BCUT2D eigenvalue weighted by Crippen LogP contribution is 2.29. The van der Waals surface area contributed by atoms with Gasteiger partial charge in [-0.25, -0.2) is 5.43 Å². The van der Waals surface area contributed by atoms with Crippen LogP contribution in [0.4, 0.5) is 5.69 Å². The Hall–Kier alpha value is -3.49. The van der Waals surface area contributed by atoms with Crippen molar-refractivity contribution in [1.82, 2.24) is 5.43 Å². The zero-order valence-electron chi connectivity index (χ0n) is 15.1. The van der Waals surface area contributed by atoms with E-state index in [1.54, 1.807) is 13.2 Å². The molecular weight excluding hydrogens is 338 g/mol. The molecule has 0 aliphatic rings. The summed E-state index contributed by atoms with van der Waals surface area (Å²) in [6.07, 6.45) is 0. The molecule has 5 heteroatoms. The number of nitrogens with one attached hydrogen (secondary N) is 2. The first-order valence-corrected chi connectivity index (χ1v) is 8.62.